The second kappa shape index (κ2) is 5.52. The maximum atomic E-state index is 11.1. The van der Waals surface area contributed by atoms with Gasteiger partial charge in [0.2, 0.25) is 0 Å². The average Bonchev–Trinajstić information content (AvgIpc) is 3.21. The molecule has 2 atom stereocenters. The fraction of sp³-hybridized carbons (Fsp3) is 0.600. The monoisotopic (exact) mass is 291 g/mol. The zero-order valence-corrected chi connectivity index (χ0v) is 12.4. The van der Waals surface area contributed by atoms with Crippen LogP contribution >= 0.6 is 0 Å². The van der Waals surface area contributed by atoms with Crippen LogP contribution in [0.4, 0.5) is 17.1 Å². The number of nitro groups is 1. The van der Waals surface area contributed by atoms with Gasteiger partial charge in [0.15, 0.2) is 0 Å². The summed E-state index contributed by atoms with van der Waals surface area (Å²) in [6.07, 6.45) is 2.52. The first-order valence-electron chi connectivity index (χ1n) is 7.48. The van der Waals surface area contributed by atoms with Gasteiger partial charge in [-0.25, -0.2) is 0 Å². The SMILES string of the molecule is C[C@@H]1CN(c2ccc([N+](=O)[O-])c(NC3CC3)c2)C[C@H](C)O1. The number of morpholine rings is 1. The number of nitrogens with one attached hydrogen (secondary N) is 1. The summed E-state index contributed by atoms with van der Waals surface area (Å²) in [4.78, 5) is 13.1. The zero-order chi connectivity index (χ0) is 15.0. The van der Waals surface area contributed by atoms with Gasteiger partial charge < -0.3 is 15.0 Å². The van der Waals surface area contributed by atoms with Crippen molar-refractivity contribution in [2.75, 3.05) is 23.3 Å². The Hall–Kier alpha value is -1.82. The van der Waals surface area contributed by atoms with Gasteiger partial charge in [0.05, 0.1) is 17.1 Å². The van der Waals surface area contributed by atoms with Crippen LogP contribution in [0, 0.1) is 10.1 Å². The van der Waals surface area contributed by atoms with Crippen molar-refractivity contribution in [1.82, 2.24) is 0 Å². The first-order valence-corrected chi connectivity index (χ1v) is 7.48. The number of hydrogen-bond acceptors (Lipinski definition) is 5. The van der Waals surface area contributed by atoms with E-state index in [4.69, 9.17) is 4.74 Å². The summed E-state index contributed by atoms with van der Waals surface area (Å²) in [6.45, 7) is 5.73. The Morgan fingerprint density at radius 1 is 1.29 bits per heavy atom. The summed E-state index contributed by atoms with van der Waals surface area (Å²) in [5.41, 5.74) is 1.80. The quantitative estimate of drug-likeness (QED) is 0.682. The minimum atomic E-state index is -0.320. The van der Waals surface area contributed by atoms with E-state index in [2.05, 4.69) is 24.1 Å². The molecule has 1 aromatic carbocycles. The summed E-state index contributed by atoms with van der Waals surface area (Å²) in [6, 6.07) is 5.73. The molecule has 1 aromatic rings. The fourth-order valence-corrected chi connectivity index (χ4v) is 2.83. The number of ether oxygens (including phenoxy) is 1. The molecule has 0 amide bonds. The predicted molar refractivity (Wildman–Crippen MR) is 82.0 cm³/mol. The normalized spacial score (nSPS) is 25.7. The maximum absolute atomic E-state index is 11.1. The summed E-state index contributed by atoms with van der Waals surface area (Å²) in [7, 11) is 0. The van der Waals surface area contributed by atoms with E-state index in [-0.39, 0.29) is 22.8 Å². The lowest BCUT2D eigenvalue weighted by molar-refractivity contribution is -0.384. The molecule has 6 heteroatoms. The van der Waals surface area contributed by atoms with Crippen LogP contribution in [0.25, 0.3) is 0 Å². The third kappa shape index (κ3) is 3.26. The first kappa shape index (κ1) is 14.1. The van der Waals surface area contributed by atoms with Crippen LogP contribution in [-0.4, -0.2) is 36.3 Å². The van der Waals surface area contributed by atoms with Gasteiger partial charge in [-0.3, -0.25) is 10.1 Å². The Balaban J connectivity index is 1.86. The van der Waals surface area contributed by atoms with Crippen LogP contribution in [0.5, 0.6) is 0 Å². The molecule has 1 aliphatic carbocycles. The molecular weight excluding hydrogens is 270 g/mol. The number of nitro benzene ring substituents is 1. The highest BCUT2D eigenvalue weighted by atomic mass is 16.6. The third-order valence-corrected chi connectivity index (χ3v) is 3.90. The topological polar surface area (TPSA) is 67.6 Å². The van der Waals surface area contributed by atoms with Crippen molar-refractivity contribution < 1.29 is 9.66 Å². The standard InChI is InChI=1S/C15H21N3O3/c1-10-8-17(9-11(2)21-10)13-5-6-15(18(19)20)14(7-13)16-12-3-4-12/h5-7,10-12,16H,3-4,8-9H2,1-2H3/t10-,11+. The maximum Gasteiger partial charge on any atom is 0.292 e. The van der Waals surface area contributed by atoms with Crippen LogP contribution in [-0.2, 0) is 4.74 Å². The molecule has 3 rings (SSSR count). The molecule has 0 bridgehead atoms. The van der Waals surface area contributed by atoms with Gasteiger partial charge >= 0.3 is 0 Å². The highest BCUT2D eigenvalue weighted by Crippen LogP contribution is 2.34. The lowest BCUT2D eigenvalue weighted by atomic mass is 10.1. The lowest BCUT2D eigenvalue weighted by Gasteiger charge is -2.37. The van der Waals surface area contributed by atoms with E-state index in [0.29, 0.717) is 11.7 Å². The number of benzene rings is 1. The van der Waals surface area contributed by atoms with Crippen molar-refractivity contribution in [3.63, 3.8) is 0 Å². The van der Waals surface area contributed by atoms with E-state index in [0.717, 1.165) is 31.6 Å². The van der Waals surface area contributed by atoms with Crippen LogP contribution in [0.2, 0.25) is 0 Å². The molecule has 0 spiro atoms. The summed E-state index contributed by atoms with van der Waals surface area (Å²) < 4.78 is 5.74. The van der Waals surface area contributed by atoms with Gasteiger partial charge in [0.1, 0.15) is 5.69 Å². The largest absolute Gasteiger partial charge is 0.377 e. The van der Waals surface area contributed by atoms with E-state index >= 15 is 0 Å². The molecule has 114 valence electrons. The Kier molecular flexibility index (Phi) is 3.71. The summed E-state index contributed by atoms with van der Waals surface area (Å²) in [5, 5.41) is 14.4. The Bertz CT molecular complexity index is 535. The smallest absolute Gasteiger partial charge is 0.292 e. The van der Waals surface area contributed by atoms with E-state index in [1.54, 1.807) is 6.07 Å². The molecule has 21 heavy (non-hydrogen) atoms. The number of nitrogens with zero attached hydrogens (tertiary/aromatic N) is 2. The van der Waals surface area contributed by atoms with Gasteiger partial charge in [-0.2, -0.15) is 0 Å². The fourth-order valence-electron chi connectivity index (χ4n) is 2.83. The molecule has 1 heterocycles. The van der Waals surface area contributed by atoms with Gasteiger partial charge in [-0.05, 0) is 38.8 Å². The first-order chi connectivity index (χ1) is 10.0. The molecular formula is C15H21N3O3. The molecule has 6 nitrogen and oxygen atoms in total. The Morgan fingerprint density at radius 2 is 1.95 bits per heavy atom. The predicted octanol–water partition coefficient (Wildman–Crippen LogP) is 2.78. The Morgan fingerprint density at radius 3 is 2.52 bits per heavy atom. The average molecular weight is 291 g/mol. The molecule has 2 aliphatic rings. The van der Waals surface area contributed by atoms with Crippen molar-refractivity contribution in [3.05, 3.63) is 28.3 Å². The molecule has 0 unspecified atom stereocenters. The van der Waals surface area contributed by atoms with Crippen molar-refractivity contribution in [1.29, 1.82) is 0 Å². The summed E-state index contributed by atoms with van der Waals surface area (Å²) in [5.74, 6) is 0. The molecule has 2 fully saturated rings. The van der Waals surface area contributed by atoms with Crippen LogP contribution < -0.4 is 10.2 Å². The number of hydrogen-bond donors (Lipinski definition) is 1. The summed E-state index contributed by atoms with van der Waals surface area (Å²) >= 11 is 0. The Labute approximate surface area is 124 Å². The molecule has 0 radical (unpaired) electrons. The third-order valence-electron chi connectivity index (χ3n) is 3.90. The van der Waals surface area contributed by atoms with E-state index in [1.165, 1.54) is 0 Å². The molecule has 1 saturated heterocycles. The second-order valence-corrected chi connectivity index (χ2v) is 6.04. The van der Waals surface area contributed by atoms with Crippen LogP contribution in [0.1, 0.15) is 26.7 Å². The van der Waals surface area contributed by atoms with Gasteiger partial charge in [-0.15, -0.1) is 0 Å². The highest BCUT2D eigenvalue weighted by Gasteiger charge is 2.27. The highest BCUT2D eigenvalue weighted by molar-refractivity contribution is 5.70. The number of rotatable bonds is 4. The van der Waals surface area contributed by atoms with E-state index in [9.17, 15) is 10.1 Å². The minimum Gasteiger partial charge on any atom is -0.377 e. The lowest BCUT2D eigenvalue weighted by Crippen LogP contribution is -2.45. The van der Waals surface area contributed by atoms with Crippen LogP contribution in [0.3, 0.4) is 0 Å². The van der Waals surface area contributed by atoms with Crippen molar-refractivity contribution in [2.24, 2.45) is 0 Å². The zero-order valence-electron chi connectivity index (χ0n) is 12.4. The van der Waals surface area contributed by atoms with Gasteiger partial charge in [0, 0.05) is 30.9 Å². The number of anilines is 2. The van der Waals surface area contributed by atoms with Gasteiger partial charge in [0.25, 0.3) is 5.69 Å². The van der Waals surface area contributed by atoms with Crippen molar-refractivity contribution in [2.45, 2.75) is 44.9 Å². The van der Waals surface area contributed by atoms with Gasteiger partial charge in [-0.1, -0.05) is 0 Å². The molecule has 1 saturated carbocycles. The minimum absolute atomic E-state index is 0.153. The molecule has 1 aliphatic heterocycles. The molecule has 0 aromatic heterocycles. The van der Waals surface area contributed by atoms with Crippen LogP contribution in [0.15, 0.2) is 18.2 Å². The molecule has 1 N–H and O–H groups in total. The van der Waals surface area contributed by atoms with Crippen molar-refractivity contribution in [3.8, 4) is 0 Å². The van der Waals surface area contributed by atoms with Crippen molar-refractivity contribution >= 4 is 17.1 Å². The second-order valence-electron chi connectivity index (χ2n) is 6.04. The van der Waals surface area contributed by atoms with E-state index < -0.39 is 0 Å². The van der Waals surface area contributed by atoms with E-state index in [1.807, 2.05) is 12.1 Å².